The van der Waals surface area contributed by atoms with Gasteiger partial charge in [-0.25, -0.2) is 0 Å². The molecular weight excluding hydrogens is 286 g/mol. The predicted octanol–water partition coefficient (Wildman–Crippen LogP) is 1.82. The number of anilines is 1. The van der Waals surface area contributed by atoms with Gasteiger partial charge in [-0.05, 0) is 25.5 Å². The zero-order valence-corrected chi connectivity index (χ0v) is 12.2. The number of hydrogen-bond donors (Lipinski definition) is 1. The second-order valence-electron chi connectivity index (χ2n) is 4.80. The van der Waals surface area contributed by atoms with E-state index in [9.17, 15) is 9.59 Å². The number of carboxylic acid groups (broad SMARTS) is 1. The lowest BCUT2D eigenvalue weighted by Gasteiger charge is -2.20. The van der Waals surface area contributed by atoms with Gasteiger partial charge in [-0.2, -0.15) is 4.98 Å². The van der Waals surface area contributed by atoms with Gasteiger partial charge in [0.05, 0.1) is 0 Å². The van der Waals surface area contributed by atoms with Crippen molar-refractivity contribution in [3.63, 3.8) is 0 Å². The van der Waals surface area contributed by atoms with Crippen LogP contribution in [0, 0.1) is 6.92 Å². The average Bonchev–Trinajstić information content (AvgIpc) is 2.91. The summed E-state index contributed by atoms with van der Waals surface area (Å²) in [7, 11) is 0. The molecule has 0 aliphatic heterocycles. The van der Waals surface area contributed by atoms with Crippen LogP contribution >= 0.6 is 0 Å². The fourth-order valence-electron chi connectivity index (χ4n) is 2.03. The van der Waals surface area contributed by atoms with Crippen LogP contribution in [0.3, 0.4) is 0 Å². The number of para-hydroxylation sites is 1. The number of nitrogens with zero attached hydrogens (tertiary/aromatic N) is 3. The number of rotatable bonds is 7. The van der Waals surface area contributed by atoms with Crippen LogP contribution in [-0.2, 0) is 16.0 Å². The van der Waals surface area contributed by atoms with E-state index >= 15 is 0 Å². The first-order valence-electron chi connectivity index (χ1n) is 6.92. The topological polar surface area (TPSA) is 96.5 Å². The van der Waals surface area contributed by atoms with Gasteiger partial charge in [0.2, 0.25) is 11.8 Å². The van der Waals surface area contributed by atoms with Gasteiger partial charge in [-0.1, -0.05) is 23.4 Å². The molecule has 0 bridgehead atoms. The summed E-state index contributed by atoms with van der Waals surface area (Å²) in [5, 5.41) is 12.7. The Kier molecular flexibility index (Phi) is 5.24. The van der Waals surface area contributed by atoms with Gasteiger partial charge in [0, 0.05) is 18.5 Å². The molecule has 0 saturated carbocycles. The minimum absolute atomic E-state index is 0.212. The van der Waals surface area contributed by atoms with Crippen LogP contribution in [0.1, 0.15) is 24.6 Å². The molecule has 1 aromatic heterocycles. The van der Waals surface area contributed by atoms with Crippen LogP contribution in [0.5, 0.6) is 0 Å². The van der Waals surface area contributed by atoms with Gasteiger partial charge < -0.3 is 14.5 Å². The van der Waals surface area contributed by atoms with E-state index in [1.54, 1.807) is 31.2 Å². The number of aromatic nitrogens is 2. The minimum Gasteiger partial charge on any atom is -0.480 e. The van der Waals surface area contributed by atoms with E-state index in [1.807, 2.05) is 6.07 Å². The summed E-state index contributed by atoms with van der Waals surface area (Å²) in [6, 6.07) is 8.76. The Labute approximate surface area is 127 Å². The number of carboxylic acids is 1. The van der Waals surface area contributed by atoms with Gasteiger partial charge in [-0.3, -0.25) is 9.59 Å². The van der Waals surface area contributed by atoms with Crippen LogP contribution < -0.4 is 4.90 Å². The Morgan fingerprint density at radius 3 is 2.59 bits per heavy atom. The number of carbonyl (C=O) groups is 2. The highest BCUT2D eigenvalue weighted by Gasteiger charge is 2.18. The molecule has 0 spiro atoms. The number of aryl methyl sites for hydroxylation is 2. The summed E-state index contributed by atoms with van der Waals surface area (Å²) in [5.41, 5.74) is 0.573. The molecule has 22 heavy (non-hydrogen) atoms. The molecule has 116 valence electrons. The quantitative estimate of drug-likeness (QED) is 0.838. The molecule has 0 radical (unpaired) electrons. The molecule has 1 amide bonds. The molecule has 7 nitrogen and oxygen atoms in total. The van der Waals surface area contributed by atoms with Crippen LogP contribution in [0.25, 0.3) is 0 Å². The Balaban J connectivity index is 1.95. The summed E-state index contributed by atoms with van der Waals surface area (Å²) in [4.78, 5) is 28.6. The molecule has 0 aliphatic carbocycles. The van der Waals surface area contributed by atoms with Crippen LogP contribution in [-0.4, -0.2) is 33.7 Å². The van der Waals surface area contributed by atoms with Gasteiger partial charge in [0.25, 0.3) is 0 Å². The van der Waals surface area contributed by atoms with E-state index < -0.39 is 5.97 Å². The molecule has 0 unspecified atom stereocenters. The molecule has 1 heterocycles. The van der Waals surface area contributed by atoms with Crippen LogP contribution in [0.15, 0.2) is 34.9 Å². The second kappa shape index (κ2) is 7.35. The first kappa shape index (κ1) is 15.7. The Morgan fingerprint density at radius 2 is 2.00 bits per heavy atom. The Hall–Kier alpha value is -2.70. The fourth-order valence-corrected chi connectivity index (χ4v) is 2.03. The smallest absolute Gasteiger partial charge is 0.323 e. The molecule has 0 saturated heterocycles. The minimum atomic E-state index is -1.05. The molecule has 0 fully saturated rings. The lowest BCUT2D eigenvalue weighted by molar-refractivity contribution is -0.136. The highest BCUT2D eigenvalue weighted by atomic mass is 16.5. The number of carbonyl (C=O) groups excluding carboxylic acids is 1. The van der Waals surface area contributed by atoms with Crippen molar-refractivity contribution in [2.45, 2.75) is 26.2 Å². The highest BCUT2D eigenvalue weighted by Crippen LogP contribution is 2.15. The van der Waals surface area contributed by atoms with Crippen molar-refractivity contribution in [2.24, 2.45) is 0 Å². The molecule has 2 rings (SSSR count). The Bertz CT molecular complexity index is 639. The molecule has 1 N–H and O–H groups in total. The fraction of sp³-hybridized carbons (Fsp3) is 0.333. The van der Waals surface area contributed by atoms with Crippen molar-refractivity contribution < 1.29 is 19.2 Å². The molecule has 0 aliphatic rings. The second-order valence-corrected chi connectivity index (χ2v) is 4.80. The third kappa shape index (κ3) is 4.41. The lowest BCUT2D eigenvalue weighted by Crippen LogP contribution is -2.35. The normalized spacial score (nSPS) is 10.4. The first-order chi connectivity index (χ1) is 10.6. The van der Waals surface area contributed by atoms with E-state index in [4.69, 9.17) is 9.63 Å². The standard InChI is InChI=1S/C15H17N3O4/c1-11-16-13(22-17-11)8-5-9-14(19)18(10-15(20)21)12-6-3-2-4-7-12/h2-4,6-7H,5,8-10H2,1H3,(H,20,21). The van der Waals surface area contributed by atoms with Gasteiger partial charge in [0.1, 0.15) is 6.54 Å². The maximum absolute atomic E-state index is 12.3. The molecular formula is C15H17N3O4. The maximum atomic E-state index is 12.3. The van der Waals surface area contributed by atoms with Crippen molar-refractivity contribution in [3.05, 3.63) is 42.0 Å². The largest absolute Gasteiger partial charge is 0.480 e. The van der Waals surface area contributed by atoms with Gasteiger partial charge in [-0.15, -0.1) is 0 Å². The zero-order valence-electron chi connectivity index (χ0n) is 12.2. The van der Waals surface area contributed by atoms with Crippen LogP contribution in [0.2, 0.25) is 0 Å². The number of aliphatic carboxylic acids is 1. The summed E-state index contributed by atoms with van der Waals surface area (Å²) in [6.45, 7) is 1.37. The van der Waals surface area contributed by atoms with Crippen molar-refractivity contribution in [2.75, 3.05) is 11.4 Å². The first-order valence-corrected chi connectivity index (χ1v) is 6.92. The highest BCUT2D eigenvalue weighted by molar-refractivity contribution is 5.97. The van der Waals surface area contributed by atoms with E-state index in [0.29, 0.717) is 30.2 Å². The van der Waals surface area contributed by atoms with Crippen LogP contribution in [0.4, 0.5) is 5.69 Å². The van der Waals surface area contributed by atoms with Crippen molar-refractivity contribution in [3.8, 4) is 0 Å². The van der Waals surface area contributed by atoms with E-state index in [-0.39, 0.29) is 18.9 Å². The number of amides is 1. The average molecular weight is 303 g/mol. The SMILES string of the molecule is Cc1noc(CCCC(=O)N(CC(=O)O)c2ccccc2)n1. The number of benzene rings is 1. The van der Waals surface area contributed by atoms with E-state index in [0.717, 1.165) is 0 Å². The monoisotopic (exact) mass is 303 g/mol. The molecule has 2 aromatic rings. The summed E-state index contributed by atoms with van der Waals surface area (Å²) < 4.78 is 4.98. The summed E-state index contributed by atoms with van der Waals surface area (Å²) >= 11 is 0. The third-order valence-electron chi connectivity index (χ3n) is 3.01. The molecule has 1 aromatic carbocycles. The van der Waals surface area contributed by atoms with Gasteiger partial charge >= 0.3 is 5.97 Å². The summed E-state index contributed by atoms with van der Waals surface area (Å²) in [5.74, 6) is -0.262. The zero-order chi connectivity index (χ0) is 15.9. The van der Waals surface area contributed by atoms with E-state index in [1.165, 1.54) is 4.90 Å². The van der Waals surface area contributed by atoms with Crippen molar-refractivity contribution in [1.82, 2.24) is 10.1 Å². The van der Waals surface area contributed by atoms with Crippen molar-refractivity contribution >= 4 is 17.6 Å². The Morgan fingerprint density at radius 1 is 1.27 bits per heavy atom. The number of hydrogen-bond acceptors (Lipinski definition) is 5. The lowest BCUT2D eigenvalue weighted by atomic mass is 10.2. The predicted molar refractivity (Wildman–Crippen MR) is 78.4 cm³/mol. The van der Waals surface area contributed by atoms with Crippen molar-refractivity contribution in [1.29, 1.82) is 0 Å². The third-order valence-corrected chi connectivity index (χ3v) is 3.01. The molecule has 7 heteroatoms. The molecule has 0 atom stereocenters. The van der Waals surface area contributed by atoms with E-state index in [2.05, 4.69) is 10.1 Å². The van der Waals surface area contributed by atoms with Gasteiger partial charge in [0.15, 0.2) is 5.82 Å². The summed E-state index contributed by atoms with van der Waals surface area (Å²) in [6.07, 6.45) is 1.22. The maximum Gasteiger partial charge on any atom is 0.323 e.